The zero-order valence-corrected chi connectivity index (χ0v) is 7.86. The molecular formula is C10H6ClN2O. The fourth-order valence-electron chi connectivity index (χ4n) is 1.07. The van der Waals surface area contributed by atoms with E-state index in [-0.39, 0.29) is 5.75 Å². The van der Waals surface area contributed by atoms with Gasteiger partial charge in [-0.05, 0) is 12.1 Å². The molecule has 1 N–H and O–H groups in total. The molecule has 2 heterocycles. The zero-order valence-electron chi connectivity index (χ0n) is 7.11. The van der Waals surface area contributed by atoms with E-state index >= 15 is 0 Å². The average molecular weight is 206 g/mol. The summed E-state index contributed by atoms with van der Waals surface area (Å²) < 4.78 is 0. The second-order valence-corrected chi connectivity index (χ2v) is 3.15. The summed E-state index contributed by atoms with van der Waals surface area (Å²) in [5.74, 6) is 0.156. The Kier molecular flexibility index (Phi) is 2.33. The van der Waals surface area contributed by atoms with Crippen molar-refractivity contribution in [3.63, 3.8) is 0 Å². The van der Waals surface area contributed by atoms with Crippen LogP contribution >= 0.6 is 11.6 Å². The number of aromatic hydroxyl groups is 1. The van der Waals surface area contributed by atoms with Crippen LogP contribution in [0, 0.1) is 6.20 Å². The van der Waals surface area contributed by atoms with E-state index in [0.29, 0.717) is 16.3 Å². The molecule has 0 aliphatic rings. The van der Waals surface area contributed by atoms with E-state index in [9.17, 15) is 5.11 Å². The summed E-state index contributed by atoms with van der Waals surface area (Å²) in [6.07, 6.45) is 5.75. The molecule has 0 fully saturated rings. The number of nitrogens with zero attached hydrogens (tertiary/aromatic N) is 2. The lowest BCUT2D eigenvalue weighted by Gasteiger charge is -1.99. The molecule has 0 saturated heterocycles. The molecule has 0 bridgehead atoms. The molecule has 14 heavy (non-hydrogen) atoms. The van der Waals surface area contributed by atoms with Gasteiger partial charge in [0.05, 0.1) is 16.9 Å². The predicted molar refractivity (Wildman–Crippen MR) is 53.0 cm³/mol. The quantitative estimate of drug-likeness (QED) is 0.777. The minimum atomic E-state index is 0.156. The SMILES string of the molecule is Oc1ccnc(-c2[c]ncc(Cl)c2)c1. The maximum Gasteiger partial charge on any atom is 0.119 e. The van der Waals surface area contributed by atoms with E-state index in [0.717, 1.165) is 0 Å². The molecule has 0 spiro atoms. The van der Waals surface area contributed by atoms with Crippen molar-refractivity contribution in [3.8, 4) is 17.0 Å². The summed E-state index contributed by atoms with van der Waals surface area (Å²) in [6, 6.07) is 4.72. The smallest absolute Gasteiger partial charge is 0.119 e. The molecule has 2 aromatic heterocycles. The van der Waals surface area contributed by atoms with Gasteiger partial charge in [-0.1, -0.05) is 11.6 Å². The van der Waals surface area contributed by atoms with Crippen molar-refractivity contribution < 1.29 is 5.11 Å². The van der Waals surface area contributed by atoms with E-state index in [4.69, 9.17) is 11.6 Å². The first kappa shape index (κ1) is 8.97. The molecule has 0 saturated carbocycles. The first-order valence-corrected chi connectivity index (χ1v) is 4.32. The lowest BCUT2D eigenvalue weighted by Crippen LogP contribution is -1.84. The van der Waals surface area contributed by atoms with Crippen LogP contribution in [0.5, 0.6) is 5.75 Å². The second kappa shape index (κ2) is 3.64. The molecule has 0 unspecified atom stereocenters. The topological polar surface area (TPSA) is 46.0 Å². The molecule has 0 aromatic carbocycles. The van der Waals surface area contributed by atoms with Crippen LogP contribution in [0.2, 0.25) is 5.02 Å². The van der Waals surface area contributed by atoms with Crippen molar-refractivity contribution in [2.24, 2.45) is 0 Å². The number of rotatable bonds is 1. The zero-order chi connectivity index (χ0) is 9.97. The number of hydrogen-bond donors (Lipinski definition) is 1. The van der Waals surface area contributed by atoms with Crippen LogP contribution < -0.4 is 0 Å². The summed E-state index contributed by atoms with van der Waals surface area (Å²) >= 11 is 5.76. The molecule has 69 valence electrons. The molecule has 2 aromatic rings. The van der Waals surface area contributed by atoms with Gasteiger partial charge in [0.25, 0.3) is 0 Å². The molecule has 0 aliphatic heterocycles. The number of halogens is 1. The van der Waals surface area contributed by atoms with Crippen molar-refractivity contribution in [2.75, 3.05) is 0 Å². The summed E-state index contributed by atoms with van der Waals surface area (Å²) in [5, 5.41) is 9.75. The standard InChI is InChI=1S/C10H6ClN2O/c11-8-3-7(5-12-6-8)10-4-9(14)1-2-13-10/h1-4,6H,(H,13,14). The molecule has 1 radical (unpaired) electrons. The van der Waals surface area contributed by atoms with E-state index < -0.39 is 0 Å². The third kappa shape index (κ3) is 1.83. The van der Waals surface area contributed by atoms with Gasteiger partial charge < -0.3 is 5.11 Å². The number of hydrogen-bond acceptors (Lipinski definition) is 3. The first-order chi connectivity index (χ1) is 6.75. The minimum absolute atomic E-state index is 0.156. The largest absolute Gasteiger partial charge is 0.508 e. The lowest BCUT2D eigenvalue weighted by molar-refractivity contribution is 0.475. The van der Waals surface area contributed by atoms with Crippen molar-refractivity contribution >= 4 is 11.6 Å². The number of pyridine rings is 2. The Balaban J connectivity index is 2.49. The maximum atomic E-state index is 9.24. The van der Waals surface area contributed by atoms with Crippen molar-refractivity contribution in [1.29, 1.82) is 0 Å². The normalized spacial score (nSPS) is 10.1. The van der Waals surface area contributed by atoms with Crippen LogP contribution in [0.15, 0.2) is 30.6 Å². The van der Waals surface area contributed by atoms with Crippen LogP contribution in [-0.2, 0) is 0 Å². The van der Waals surface area contributed by atoms with Crippen molar-refractivity contribution in [1.82, 2.24) is 9.97 Å². The van der Waals surface area contributed by atoms with Crippen LogP contribution in [0.3, 0.4) is 0 Å². The van der Waals surface area contributed by atoms with Gasteiger partial charge in [-0.25, -0.2) is 0 Å². The molecule has 2 rings (SSSR count). The Hall–Kier alpha value is -1.61. The molecule has 3 nitrogen and oxygen atoms in total. The molecular weight excluding hydrogens is 200 g/mol. The summed E-state index contributed by atoms with van der Waals surface area (Å²) in [5.41, 5.74) is 1.26. The van der Waals surface area contributed by atoms with Crippen LogP contribution in [0.1, 0.15) is 0 Å². The fourth-order valence-corrected chi connectivity index (χ4v) is 1.23. The van der Waals surface area contributed by atoms with Crippen LogP contribution in [0.4, 0.5) is 0 Å². The molecule has 4 heteroatoms. The predicted octanol–water partition coefficient (Wildman–Crippen LogP) is 2.30. The molecule has 0 amide bonds. The van der Waals surface area contributed by atoms with E-state index in [1.54, 1.807) is 6.07 Å². The third-order valence-corrected chi connectivity index (χ3v) is 1.88. The Morgan fingerprint density at radius 2 is 2.21 bits per heavy atom. The van der Waals surface area contributed by atoms with Gasteiger partial charge in [0.2, 0.25) is 0 Å². The summed E-state index contributed by atoms with van der Waals surface area (Å²) in [4.78, 5) is 7.87. The Morgan fingerprint density at radius 1 is 1.36 bits per heavy atom. The maximum absolute atomic E-state index is 9.24. The highest BCUT2D eigenvalue weighted by Crippen LogP contribution is 2.21. The molecule has 0 atom stereocenters. The van der Waals surface area contributed by atoms with Gasteiger partial charge in [-0.2, -0.15) is 0 Å². The first-order valence-electron chi connectivity index (χ1n) is 3.94. The average Bonchev–Trinajstić information content (AvgIpc) is 2.18. The highest BCUT2D eigenvalue weighted by molar-refractivity contribution is 6.30. The minimum Gasteiger partial charge on any atom is -0.508 e. The van der Waals surface area contributed by atoms with Gasteiger partial charge >= 0.3 is 0 Å². The molecule has 0 aliphatic carbocycles. The highest BCUT2D eigenvalue weighted by atomic mass is 35.5. The van der Waals surface area contributed by atoms with Gasteiger partial charge in [-0.3, -0.25) is 9.97 Å². The van der Waals surface area contributed by atoms with Crippen molar-refractivity contribution in [3.05, 3.63) is 41.8 Å². The Labute approximate surface area is 86.0 Å². The Morgan fingerprint density at radius 3 is 2.93 bits per heavy atom. The van der Waals surface area contributed by atoms with Crippen LogP contribution in [0.25, 0.3) is 11.3 Å². The van der Waals surface area contributed by atoms with Gasteiger partial charge in [0.1, 0.15) is 5.75 Å². The van der Waals surface area contributed by atoms with Gasteiger partial charge in [0.15, 0.2) is 0 Å². The highest BCUT2D eigenvalue weighted by Gasteiger charge is 2.01. The monoisotopic (exact) mass is 205 g/mol. The number of aromatic nitrogens is 2. The van der Waals surface area contributed by atoms with Crippen LogP contribution in [-0.4, -0.2) is 15.1 Å². The Bertz CT molecular complexity index is 416. The van der Waals surface area contributed by atoms with Crippen molar-refractivity contribution in [2.45, 2.75) is 0 Å². The van der Waals surface area contributed by atoms with E-state index in [1.807, 2.05) is 0 Å². The van der Waals surface area contributed by atoms with E-state index in [2.05, 4.69) is 16.2 Å². The van der Waals surface area contributed by atoms with Gasteiger partial charge in [0, 0.05) is 24.0 Å². The lowest BCUT2D eigenvalue weighted by atomic mass is 10.2. The second-order valence-electron chi connectivity index (χ2n) is 2.71. The van der Waals surface area contributed by atoms with E-state index in [1.165, 1.54) is 24.5 Å². The van der Waals surface area contributed by atoms with Gasteiger partial charge in [-0.15, -0.1) is 0 Å². The summed E-state index contributed by atoms with van der Waals surface area (Å²) in [7, 11) is 0. The third-order valence-electron chi connectivity index (χ3n) is 1.67. The summed E-state index contributed by atoms with van der Waals surface area (Å²) in [6.45, 7) is 0. The fraction of sp³-hybridized carbons (Fsp3) is 0.